The maximum absolute atomic E-state index is 13.2. The van der Waals surface area contributed by atoms with Crippen LogP contribution < -0.4 is 9.64 Å². The van der Waals surface area contributed by atoms with E-state index in [1.54, 1.807) is 0 Å². The van der Waals surface area contributed by atoms with Gasteiger partial charge in [-0.2, -0.15) is 0 Å². The molecular weight excluding hydrogens is 434 g/mol. The summed E-state index contributed by atoms with van der Waals surface area (Å²) in [5, 5.41) is 0. The molecule has 1 saturated heterocycles. The van der Waals surface area contributed by atoms with Crippen molar-refractivity contribution < 1.29 is 9.53 Å². The van der Waals surface area contributed by atoms with Crippen molar-refractivity contribution in [2.24, 2.45) is 0 Å². The maximum Gasteiger partial charge on any atom is 0.254 e. The van der Waals surface area contributed by atoms with Gasteiger partial charge in [-0.1, -0.05) is 38.3 Å². The smallest absolute Gasteiger partial charge is 0.254 e. The van der Waals surface area contributed by atoms with Gasteiger partial charge in [0.1, 0.15) is 5.75 Å². The highest BCUT2D eigenvalue weighted by Gasteiger charge is 2.24. The van der Waals surface area contributed by atoms with Crippen molar-refractivity contribution >= 4 is 11.6 Å². The first kappa shape index (κ1) is 25.6. The molecule has 2 aliphatic rings. The number of rotatable bonds is 10. The molecule has 1 heterocycles. The third-order valence-corrected chi connectivity index (χ3v) is 7.71. The lowest BCUT2D eigenvalue weighted by Crippen LogP contribution is -2.49. The van der Waals surface area contributed by atoms with Crippen molar-refractivity contribution in [3.05, 3.63) is 59.2 Å². The molecule has 1 aliphatic heterocycles. The summed E-state index contributed by atoms with van der Waals surface area (Å²) in [6.45, 7) is 9.29. The van der Waals surface area contributed by atoms with Crippen LogP contribution >= 0.6 is 0 Å². The zero-order valence-corrected chi connectivity index (χ0v) is 22.0. The number of carbonyl (C=O) groups excluding carboxylic acids is 1. The third kappa shape index (κ3) is 6.78. The van der Waals surface area contributed by atoms with Gasteiger partial charge < -0.3 is 19.4 Å². The van der Waals surface area contributed by atoms with Gasteiger partial charge in [0.15, 0.2) is 0 Å². The molecule has 190 valence electrons. The van der Waals surface area contributed by atoms with Crippen LogP contribution in [0, 0.1) is 6.92 Å². The largest absolute Gasteiger partial charge is 0.494 e. The summed E-state index contributed by atoms with van der Waals surface area (Å²) < 4.78 is 6.00. The second kappa shape index (κ2) is 12.4. The number of anilines is 1. The number of piperazine rings is 1. The number of amides is 1. The second-order valence-electron chi connectivity index (χ2n) is 10.3. The van der Waals surface area contributed by atoms with Crippen LogP contribution in [0.3, 0.4) is 0 Å². The van der Waals surface area contributed by atoms with Crippen LogP contribution in [0.2, 0.25) is 0 Å². The summed E-state index contributed by atoms with van der Waals surface area (Å²) in [5.74, 6) is 1.11. The fourth-order valence-electron chi connectivity index (χ4n) is 5.47. The number of carbonyl (C=O) groups is 1. The summed E-state index contributed by atoms with van der Waals surface area (Å²) in [7, 11) is 2.25. The molecule has 2 aromatic carbocycles. The van der Waals surface area contributed by atoms with E-state index in [-0.39, 0.29) is 5.91 Å². The molecule has 0 radical (unpaired) electrons. The minimum Gasteiger partial charge on any atom is -0.494 e. The highest BCUT2D eigenvalue weighted by Crippen LogP contribution is 2.24. The van der Waals surface area contributed by atoms with Gasteiger partial charge in [-0.25, -0.2) is 0 Å². The predicted molar refractivity (Wildman–Crippen MR) is 145 cm³/mol. The SMILES string of the molecule is CCCc1ccc(C)c(C(=O)N2CCN(c3ccc(OCCCN(C)C4CCCC4)cc3)CC2)c1. The summed E-state index contributed by atoms with van der Waals surface area (Å²) in [6.07, 6.45) is 8.65. The molecule has 2 fully saturated rings. The van der Waals surface area contributed by atoms with E-state index >= 15 is 0 Å². The van der Waals surface area contributed by atoms with E-state index in [1.807, 2.05) is 11.8 Å². The number of hydrogen-bond donors (Lipinski definition) is 0. The van der Waals surface area contributed by atoms with Crippen LogP contribution in [0.5, 0.6) is 5.75 Å². The standard InChI is InChI=1S/C30H43N3O2/c1-4-8-25-12-11-24(2)29(23-25)30(34)33-20-18-32(19-21-33)27-13-15-28(16-14-27)35-22-7-17-31(3)26-9-5-6-10-26/h11-16,23,26H,4-10,17-22H2,1-3H3. The molecule has 5 heteroatoms. The van der Waals surface area contributed by atoms with Crippen molar-refractivity contribution in [1.29, 1.82) is 0 Å². The Hall–Kier alpha value is -2.53. The van der Waals surface area contributed by atoms with Gasteiger partial charge in [0, 0.05) is 50.0 Å². The topological polar surface area (TPSA) is 36.0 Å². The first-order chi connectivity index (χ1) is 17.0. The Morgan fingerprint density at radius 2 is 1.74 bits per heavy atom. The number of nitrogens with zero attached hydrogens (tertiary/aromatic N) is 3. The lowest BCUT2D eigenvalue weighted by molar-refractivity contribution is 0.0746. The predicted octanol–water partition coefficient (Wildman–Crippen LogP) is 5.55. The van der Waals surface area contributed by atoms with Crippen molar-refractivity contribution in [1.82, 2.24) is 9.80 Å². The fourth-order valence-corrected chi connectivity index (χ4v) is 5.47. The van der Waals surface area contributed by atoms with Crippen LogP contribution in [0.4, 0.5) is 5.69 Å². The van der Waals surface area contributed by atoms with E-state index in [2.05, 4.69) is 66.2 Å². The van der Waals surface area contributed by atoms with Gasteiger partial charge >= 0.3 is 0 Å². The molecule has 2 aromatic rings. The maximum atomic E-state index is 13.2. The quantitative estimate of drug-likeness (QED) is 0.420. The molecular formula is C30H43N3O2. The first-order valence-corrected chi connectivity index (χ1v) is 13.6. The van der Waals surface area contributed by atoms with E-state index in [0.717, 1.165) is 81.5 Å². The monoisotopic (exact) mass is 477 g/mol. The molecule has 1 amide bonds. The molecule has 0 atom stereocenters. The van der Waals surface area contributed by atoms with Crippen LogP contribution in [-0.4, -0.2) is 68.1 Å². The van der Waals surface area contributed by atoms with Gasteiger partial charge in [0.2, 0.25) is 0 Å². The zero-order valence-electron chi connectivity index (χ0n) is 22.0. The summed E-state index contributed by atoms with van der Waals surface area (Å²) in [4.78, 5) is 20.1. The van der Waals surface area contributed by atoms with E-state index in [4.69, 9.17) is 4.74 Å². The molecule has 1 aliphatic carbocycles. The van der Waals surface area contributed by atoms with Gasteiger partial charge in [-0.05, 0) is 81.1 Å². The van der Waals surface area contributed by atoms with E-state index in [1.165, 1.54) is 36.9 Å². The van der Waals surface area contributed by atoms with Crippen LogP contribution in [0.15, 0.2) is 42.5 Å². The third-order valence-electron chi connectivity index (χ3n) is 7.71. The molecule has 4 rings (SSSR count). The lowest BCUT2D eigenvalue weighted by atomic mass is 10.0. The van der Waals surface area contributed by atoms with Crippen LogP contribution in [0.25, 0.3) is 0 Å². The minimum absolute atomic E-state index is 0.169. The van der Waals surface area contributed by atoms with Crippen LogP contribution in [-0.2, 0) is 6.42 Å². The number of aryl methyl sites for hydroxylation is 2. The molecule has 5 nitrogen and oxygen atoms in total. The van der Waals surface area contributed by atoms with Gasteiger partial charge in [0.05, 0.1) is 6.61 Å². The Bertz CT molecular complexity index is 945. The molecule has 0 aromatic heterocycles. The average molecular weight is 478 g/mol. The van der Waals surface area contributed by atoms with Crippen LogP contribution in [0.1, 0.15) is 66.9 Å². The first-order valence-electron chi connectivity index (χ1n) is 13.6. The number of benzene rings is 2. The molecule has 1 saturated carbocycles. The molecule has 35 heavy (non-hydrogen) atoms. The summed E-state index contributed by atoms with van der Waals surface area (Å²) >= 11 is 0. The Morgan fingerprint density at radius 3 is 2.43 bits per heavy atom. The van der Waals surface area contributed by atoms with Crippen molar-refractivity contribution in [2.75, 3.05) is 51.3 Å². The Morgan fingerprint density at radius 1 is 1.03 bits per heavy atom. The Labute approximate surface area is 212 Å². The second-order valence-corrected chi connectivity index (χ2v) is 10.3. The lowest BCUT2D eigenvalue weighted by Gasteiger charge is -2.36. The van der Waals surface area contributed by atoms with Gasteiger partial charge in [-0.15, -0.1) is 0 Å². The average Bonchev–Trinajstić information content (AvgIpc) is 3.43. The molecule has 0 bridgehead atoms. The highest BCUT2D eigenvalue weighted by molar-refractivity contribution is 5.96. The number of ether oxygens (including phenoxy) is 1. The zero-order chi connectivity index (χ0) is 24.6. The number of hydrogen-bond acceptors (Lipinski definition) is 4. The summed E-state index contributed by atoms with van der Waals surface area (Å²) in [6, 6.07) is 15.6. The fraction of sp³-hybridized carbons (Fsp3) is 0.567. The van der Waals surface area contributed by atoms with Gasteiger partial charge in [-0.3, -0.25) is 4.79 Å². The van der Waals surface area contributed by atoms with Crippen molar-refractivity contribution in [2.45, 2.75) is 64.8 Å². The van der Waals surface area contributed by atoms with E-state index in [0.29, 0.717) is 0 Å². The van der Waals surface area contributed by atoms with Crippen molar-refractivity contribution in [3.8, 4) is 5.75 Å². The molecule has 0 unspecified atom stereocenters. The molecule has 0 N–H and O–H groups in total. The normalized spacial score (nSPS) is 16.8. The van der Waals surface area contributed by atoms with E-state index < -0.39 is 0 Å². The summed E-state index contributed by atoms with van der Waals surface area (Å²) in [5.41, 5.74) is 4.38. The Kier molecular flexibility index (Phi) is 9.08. The Balaban J connectivity index is 1.22. The highest BCUT2D eigenvalue weighted by atomic mass is 16.5. The minimum atomic E-state index is 0.169. The van der Waals surface area contributed by atoms with Gasteiger partial charge in [0.25, 0.3) is 5.91 Å². The molecule has 0 spiro atoms. The van der Waals surface area contributed by atoms with Crippen molar-refractivity contribution in [3.63, 3.8) is 0 Å². The van der Waals surface area contributed by atoms with E-state index in [9.17, 15) is 4.79 Å².